The summed E-state index contributed by atoms with van der Waals surface area (Å²) in [7, 11) is 1.69. The van der Waals surface area contributed by atoms with Crippen molar-refractivity contribution in [2.75, 3.05) is 13.7 Å². The standard InChI is InChI=1S/C16H31O2/c1-12(2)8-9-16(11-18-7,14(5)6)15(17)10-13(3)4/h12-14H,3,8-11H2,1-2,4-7H3. The summed E-state index contributed by atoms with van der Waals surface area (Å²) in [6, 6.07) is 0. The summed E-state index contributed by atoms with van der Waals surface area (Å²) in [6.07, 6.45) is 2.54. The summed E-state index contributed by atoms with van der Waals surface area (Å²) in [6.45, 7) is 15.1. The summed E-state index contributed by atoms with van der Waals surface area (Å²) < 4.78 is 5.36. The molecule has 0 amide bonds. The quantitative estimate of drug-likeness (QED) is 0.619. The third kappa shape index (κ3) is 5.09. The van der Waals surface area contributed by atoms with Crippen LogP contribution in [-0.2, 0) is 9.53 Å². The molecule has 0 aromatic carbocycles. The zero-order chi connectivity index (χ0) is 14.3. The molecule has 0 aliphatic carbocycles. The van der Waals surface area contributed by atoms with Crippen molar-refractivity contribution in [3.05, 3.63) is 6.92 Å². The molecule has 0 saturated heterocycles. The van der Waals surface area contributed by atoms with E-state index in [0.29, 0.717) is 30.6 Å². The molecule has 0 bridgehead atoms. The molecule has 2 nitrogen and oxygen atoms in total. The minimum Gasteiger partial charge on any atom is -0.384 e. The van der Waals surface area contributed by atoms with Crippen LogP contribution in [0.25, 0.3) is 0 Å². The first-order chi connectivity index (χ1) is 8.26. The Morgan fingerprint density at radius 2 is 1.78 bits per heavy atom. The van der Waals surface area contributed by atoms with Crippen molar-refractivity contribution in [1.82, 2.24) is 0 Å². The van der Waals surface area contributed by atoms with E-state index in [-0.39, 0.29) is 11.3 Å². The Morgan fingerprint density at radius 3 is 2.11 bits per heavy atom. The van der Waals surface area contributed by atoms with E-state index in [1.165, 1.54) is 0 Å². The van der Waals surface area contributed by atoms with Gasteiger partial charge in [-0.3, -0.25) is 4.79 Å². The predicted octanol–water partition coefficient (Wildman–Crippen LogP) is 4.14. The van der Waals surface area contributed by atoms with E-state index in [1.54, 1.807) is 7.11 Å². The predicted molar refractivity (Wildman–Crippen MR) is 77.4 cm³/mol. The van der Waals surface area contributed by atoms with E-state index in [0.717, 1.165) is 12.8 Å². The molecular weight excluding hydrogens is 224 g/mol. The topological polar surface area (TPSA) is 26.3 Å². The van der Waals surface area contributed by atoms with Crippen LogP contribution in [0, 0.1) is 30.1 Å². The highest BCUT2D eigenvalue weighted by Gasteiger charge is 2.40. The first-order valence-electron chi connectivity index (χ1n) is 7.11. The molecule has 0 aromatic rings. The Hall–Kier alpha value is -0.370. The molecule has 0 spiro atoms. The van der Waals surface area contributed by atoms with E-state index in [2.05, 4.69) is 34.6 Å². The zero-order valence-electron chi connectivity index (χ0n) is 13.1. The maximum absolute atomic E-state index is 12.6. The minimum atomic E-state index is -0.328. The number of Topliss-reactive ketones (excluding diaryl/α,β-unsaturated/α-hetero) is 1. The van der Waals surface area contributed by atoms with Gasteiger partial charge in [0.05, 0.1) is 12.0 Å². The molecular formula is C16H31O2. The summed E-state index contributed by atoms with van der Waals surface area (Å²) in [4.78, 5) is 12.6. The molecule has 0 N–H and O–H groups in total. The molecule has 0 rings (SSSR count). The van der Waals surface area contributed by atoms with Crippen molar-refractivity contribution in [3.63, 3.8) is 0 Å². The molecule has 1 radical (unpaired) electrons. The molecule has 2 atom stereocenters. The third-order valence-corrected chi connectivity index (χ3v) is 3.76. The lowest BCUT2D eigenvalue weighted by Crippen LogP contribution is -2.41. The van der Waals surface area contributed by atoms with Gasteiger partial charge in [0.1, 0.15) is 5.78 Å². The van der Waals surface area contributed by atoms with E-state index < -0.39 is 0 Å². The number of methoxy groups -OCH3 is 1. The van der Waals surface area contributed by atoms with Crippen molar-refractivity contribution < 1.29 is 9.53 Å². The van der Waals surface area contributed by atoms with Gasteiger partial charge in [0, 0.05) is 13.5 Å². The van der Waals surface area contributed by atoms with Gasteiger partial charge >= 0.3 is 0 Å². The van der Waals surface area contributed by atoms with E-state index in [9.17, 15) is 4.79 Å². The average molecular weight is 255 g/mol. The van der Waals surface area contributed by atoms with Crippen LogP contribution in [0.15, 0.2) is 0 Å². The number of hydrogen-bond donors (Lipinski definition) is 0. The van der Waals surface area contributed by atoms with Gasteiger partial charge in [-0.2, -0.15) is 0 Å². The number of hydrogen-bond acceptors (Lipinski definition) is 2. The summed E-state index contributed by atoms with van der Waals surface area (Å²) in [5, 5.41) is 0. The fourth-order valence-electron chi connectivity index (χ4n) is 2.39. The van der Waals surface area contributed by atoms with Gasteiger partial charge in [0.15, 0.2) is 0 Å². The monoisotopic (exact) mass is 255 g/mol. The van der Waals surface area contributed by atoms with E-state index in [1.807, 2.05) is 6.92 Å². The summed E-state index contributed by atoms with van der Waals surface area (Å²) in [5.74, 6) is 1.42. The van der Waals surface area contributed by atoms with Gasteiger partial charge in [0.2, 0.25) is 0 Å². The lowest BCUT2D eigenvalue weighted by atomic mass is 9.68. The number of carbonyl (C=O) groups excluding carboxylic acids is 1. The molecule has 0 fully saturated rings. The fourth-order valence-corrected chi connectivity index (χ4v) is 2.39. The normalized spacial score (nSPS) is 15.4. The first kappa shape index (κ1) is 17.6. The van der Waals surface area contributed by atoms with Crippen molar-refractivity contribution in [3.8, 4) is 0 Å². The Morgan fingerprint density at radius 1 is 1.22 bits per heavy atom. The molecule has 18 heavy (non-hydrogen) atoms. The molecule has 0 heterocycles. The molecule has 0 aromatic heterocycles. The van der Waals surface area contributed by atoms with Crippen LogP contribution in [0.2, 0.25) is 0 Å². The van der Waals surface area contributed by atoms with Gasteiger partial charge in [0.25, 0.3) is 0 Å². The second-order valence-corrected chi connectivity index (χ2v) is 6.41. The molecule has 107 valence electrons. The molecule has 2 unspecified atom stereocenters. The minimum absolute atomic E-state index is 0.173. The molecule has 2 heteroatoms. The highest BCUT2D eigenvalue weighted by atomic mass is 16.5. The van der Waals surface area contributed by atoms with Gasteiger partial charge in [-0.25, -0.2) is 0 Å². The zero-order valence-corrected chi connectivity index (χ0v) is 13.1. The highest BCUT2D eigenvalue weighted by Crippen LogP contribution is 2.37. The summed E-state index contributed by atoms with van der Waals surface area (Å²) >= 11 is 0. The van der Waals surface area contributed by atoms with Crippen molar-refractivity contribution in [2.45, 2.75) is 53.9 Å². The fraction of sp³-hybridized carbons (Fsp3) is 0.875. The van der Waals surface area contributed by atoms with E-state index in [4.69, 9.17) is 4.74 Å². The maximum atomic E-state index is 12.6. The van der Waals surface area contributed by atoms with Crippen LogP contribution in [0.3, 0.4) is 0 Å². The van der Waals surface area contributed by atoms with Crippen molar-refractivity contribution in [2.24, 2.45) is 23.2 Å². The Balaban J connectivity index is 5.01. The molecule has 0 saturated carbocycles. The smallest absolute Gasteiger partial charge is 0.141 e. The average Bonchev–Trinajstić information content (AvgIpc) is 2.22. The maximum Gasteiger partial charge on any atom is 0.141 e. The van der Waals surface area contributed by atoms with Crippen LogP contribution < -0.4 is 0 Å². The number of carbonyl (C=O) groups is 1. The van der Waals surface area contributed by atoms with Crippen molar-refractivity contribution >= 4 is 5.78 Å². The second kappa shape index (κ2) is 7.93. The van der Waals surface area contributed by atoms with Crippen molar-refractivity contribution in [1.29, 1.82) is 0 Å². The first-order valence-corrected chi connectivity index (χ1v) is 7.11. The Labute approximate surface area is 113 Å². The van der Waals surface area contributed by atoms with Gasteiger partial charge in [-0.05, 0) is 30.6 Å². The second-order valence-electron chi connectivity index (χ2n) is 6.41. The van der Waals surface area contributed by atoms with Gasteiger partial charge in [-0.1, -0.05) is 41.5 Å². The number of ketones is 1. The van der Waals surface area contributed by atoms with Crippen LogP contribution in [-0.4, -0.2) is 19.5 Å². The highest BCUT2D eigenvalue weighted by molar-refractivity contribution is 5.85. The SMILES string of the molecule is [CH2]C(C)CC(=O)C(CCC(C)C)(COC)C(C)C. The van der Waals surface area contributed by atoms with Crippen LogP contribution in [0.1, 0.15) is 53.9 Å². The molecule has 0 aliphatic heterocycles. The van der Waals surface area contributed by atoms with Gasteiger partial charge < -0.3 is 4.74 Å². The van der Waals surface area contributed by atoms with Gasteiger partial charge in [-0.15, -0.1) is 0 Å². The van der Waals surface area contributed by atoms with Crippen LogP contribution in [0.4, 0.5) is 0 Å². The summed E-state index contributed by atoms with van der Waals surface area (Å²) in [5.41, 5.74) is -0.328. The molecule has 0 aliphatic rings. The van der Waals surface area contributed by atoms with Crippen LogP contribution >= 0.6 is 0 Å². The Kier molecular flexibility index (Phi) is 7.77. The largest absolute Gasteiger partial charge is 0.384 e. The Bertz CT molecular complexity index is 243. The number of rotatable bonds is 9. The lowest BCUT2D eigenvalue weighted by molar-refractivity contribution is -0.136. The lowest BCUT2D eigenvalue weighted by Gasteiger charge is -2.37. The third-order valence-electron chi connectivity index (χ3n) is 3.76. The number of ether oxygens (including phenoxy) is 1. The van der Waals surface area contributed by atoms with E-state index >= 15 is 0 Å². The van der Waals surface area contributed by atoms with Crippen LogP contribution in [0.5, 0.6) is 0 Å².